The van der Waals surface area contributed by atoms with Crippen molar-refractivity contribution in [2.75, 3.05) is 19.7 Å². The average Bonchev–Trinajstić information content (AvgIpc) is 3.04. The first-order valence-electron chi connectivity index (χ1n) is 8.69. The van der Waals surface area contributed by atoms with Crippen molar-refractivity contribution in [1.29, 1.82) is 0 Å². The molecule has 128 valence electrons. The molecule has 5 heteroatoms. The molecule has 0 radical (unpaired) electrons. The number of nitrogens with one attached hydrogen (secondary N) is 2. The Hall–Kier alpha value is -2.14. The molecule has 2 aromatic rings. The highest BCUT2D eigenvalue weighted by atomic mass is 16.5. The topological polar surface area (TPSA) is 58.5 Å². The van der Waals surface area contributed by atoms with E-state index >= 15 is 0 Å². The van der Waals surface area contributed by atoms with Gasteiger partial charge in [-0.25, -0.2) is 4.99 Å². The Morgan fingerprint density at radius 2 is 2.17 bits per heavy atom. The summed E-state index contributed by atoms with van der Waals surface area (Å²) in [5.74, 6) is 0.809. The lowest BCUT2D eigenvalue weighted by molar-refractivity contribution is 0.0243. The van der Waals surface area contributed by atoms with E-state index in [0.29, 0.717) is 6.54 Å². The van der Waals surface area contributed by atoms with Crippen LogP contribution in [0.5, 0.6) is 0 Å². The zero-order valence-electron chi connectivity index (χ0n) is 14.5. The summed E-state index contributed by atoms with van der Waals surface area (Å²) >= 11 is 0. The summed E-state index contributed by atoms with van der Waals surface area (Å²) in [5, 5.41) is 9.06. The lowest BCUT2D eigenvalue weighted by Gasteiger charge is -2.24. The molecule has 0 bridgehead atoms. The molecule has 1 fully saturated rings. The second-order valence-corrected chi connectivity index (χ2v) is 6.43. The van der Waals surface area contributed by atoms with Crippen LogP contribution in [0.4, 0.5) is 0 Å². The standard InChI is InChI=1S/C19H26N4O/c1-3-20-18(23-14-19(2)10-6-12-24-19)22-13-17-16-8-5-4-7-15(16)9-11-21-17/h4-5,7-9,11H,3,6,10,12-14H2,1-2H3,(H2,20,22,23). The zero-order chi connectivity index (χ0) is 16.8. The highest BCUT2D eigenvalue weighted by molar-refractivity contribution is 5.85. The minimum absolute atomic E-state index is 0.0894. The van der Waals surface area contributed by atoms with Crippen LogP contribution in [0.15, 0.2) is 41.5 Å². The molecule has 0 amide bonds. The van der Waals surface area contributed by atoms with E-state index in [1.54, 1.807) is 0 Å². The van der Waals surface area contributed by atoms with Crippen LogP contribution < -0.4 is 10.6 Å². The fourth-order valence-corrected chi connectivity index (χ4v) is 3.05. The first-order valence-corrected chi connectivity index (χ1v) is 8.69. The predicted molar refractivity (Wildman–Crippen MR) is 98.2 cm³/mol. The zero-order valence-corrected chi connectivity index (χ0v) is 14.5. The van der Waals surface area contributed by atoms with Gasteiger partial charge in [-0.05, 0) is 38.1 Å². The van der Waals surface area contributed by atoms with Crippen molar-refractivity contribution >= 4 is 16.7 Å². The molecule has 1 aromatic heterocycles. The summed E-state index contributed by atoms with van der Waals surface area (Å²) in [7, 11) is 0. The van der Waals surface area contributed by atoms with Crippen LogP contribution in [0.3, 0.4) is 0 Å². The number of guanidine groups is 1. The van der Waals surface area contributed by atoms with Crippen LogP contribution in [0.25, 0.3) is 10.8 Å². The van der Waals surface area contributed by atoms with Gasteiger partial charge >= 0.3 is 0 Å². The van der Waals surface area contributed by atoms with Gasteiger partial charge in [0.1, 0.15) is 0 Å². The third-order valence-electron chi connectivity index (χ3n) is 4.42. The lowest BCUT2D eigenvalue weighted by Crippen LogP contribution is -2.45. The Labute approximate surface area is 143 Å². The molecule has 5 nitrogen and oxygen atoms in total. The quantitative estimate of drug-likeness (QED) is 0.655. The third kappa shape index (κ3) is 4.03. The second-order valence-electron chi connectivity index (χ2n) is 6.43. The maximum atomic E-state index is 5.83. The van der Waals surface area contributed by atoms with Crippen LogP contribution >= 0.6 is 0 Å². The number of ether oxygens (including phenoxy) is 1. The highest BCUT2D eigenvalue weighted by Crippen LogP contribution is 2.23. The molecule has 2 N–H and O–H groups in total. The number of hydrogen-bond donors (Lipinski definition) is 2. The van der Waals surface area contributed by atoms with Gasteiger partial charge < -0.3 is 15.4 Å². The molecule has 0 spiro atoms. The van der Waals surface area contributed by atoms with Crippen molar-refractivity contribution in [3.05, 3.63) is 42.2 Å². The molecule has 1 aliphatic heterocycles. The third-order valence-corrected chi connectivity index (χ3v) is 4.42. The number of fused-ring (bicyclic) bond motifs is 1. The number of pyridine rings is 1. The Kier molecular flexibility index (Phi) is 5.30. The number of aliphatic imine (C=N–C) groups is 1. The van der Waals surface area contributed by atoms with Crippen molar-refractivity contribution in [2.45, 2.75) is 38.8 Å². The van der Waals surface area contributed by atoms with E-state index in [4.69, 9.17) is 9.73 Å². The Balaban J connectivity index is 1.70. The van der Waals surface area contributed by atoms with Crippen LogP contribution in [-0.4, -0.2) is 36.2 Å². The van der Waals surface area contributed by atoms with Gasteiger partial charge in [0.15, 0.2) is 5.96 Å². The summed E-state index contributed by atoms with van der Waals surface area (Å²) in [6, 6.07) is 10.3. The largest absolute Gasteiger partial charge is 0.373 e. The molecule has 1 atom stereocenters. The Bertz CT molecular complexity index is 702. The van der Waals surface area contributed by atoms with E-state index < -0.39 is 0 Å². The van der Waals surface area contributed by atoms with Gasteiger partial charge in [0, 0.05) is 31.3 Å². The Morgan fingerprint density at radius 1 is 1.29 bits per heavy atom. The van der Waals surface area contributed by atoms with Crippen molar-refractivity contribution in [3.63, 3.8) is 0 Å². The van der Waals surface area contributed by atoms with E-state index in [0.717, 1.165) is 49.6 Å². The number of benzene rings is 1. The fraction of sp³-hybridized carbons (Fsp3) is 0.474. The maximum absolute atomic E-state index is 5.83. The molecule has 1 aliphatic rings. The van der Waals surface area contributed by atoms with Crippen molar-refractivity contribution in [1.82, 2.24) is 15.6 Å². The van der Waals surface area contributed by atoms with E-state index in [1.165, 1.54) is 5.39 Å². The van der Waals surface area contributed by atoms with Crippen LogP contribution in [0.2, 0.25) is 0 Å². The molecule has 1 unspecified atom stereocenters. The predicted octanol–water partition coefficient (Wildman–Crippen LogP) is 2.86. The summed E-state index contributed by atoms with van der Waals surface area (Å²) in [5.41, 5.74) is 0.905. The first-order chi connectivity index (χ1) is 11.7. The van der Waals surface area contributed by atoms with Crippen molar-refractivity contribution < 1.29 is 4.74 Å². The van der Waals surface area contributed by atoms with Crippen LogP contribution in [-0.2, 0) is 11.3 Å². The minimum Gasteiger partial charge on any atom is -0.373 e. The average molecular weight is 326 g/mol. The van der Waals surface area contributed by atoms with E-state index in [2.05, 4.69) is 41.6 Å². The monoisotopic (exact) mass is 326 g/mol. The fourth-order valence-electron chi connectivity index (χ4n) is 3.05. The molecular formula is C19H26N4O. The number of aromatic nitrogens is 1. The SMILES string of the molecule is CCNC(=NCc1nccc2ccccc12)NCC1(C)CCCO1. The summed E-state index contributed by atoms with van der Waals surface area (Å²) in [4.78, 5) is 9.21. The van der Waals surface area contributed by atoms with Crippen molar-refractivity contribution in [3.8, 4) is 0 Å². The van der Waals surface area contributed by atoms with Gasteiger partial charge in [-0.3, -0.25) is 4.98 Å². The molecular weight excluding hydrogens is 300 g/mol. The van der Waals surface area contributed by atoms with E-state index in [-0.39, 0.29) is 5.60 Å². The maximum Gasteiger partial charge on any atom is 0.191 e. The Morgan fingerprint density at radius 3 is 2.96 bits per heavy atom. The van der Waals surface area contributed by atoms with Gasteiger partial charge in [-0.15, -0.1) is 0 Å². The van der Waals surface area contributed by atoms with E-state index in [1.807, 2.05) is 24.4 Å². The second kappa shape index (κ2) is 7.62. The molecule has 0 aliphatic carbocycles. The summed E-state index contributed by atoms with van der Waals surface area (Å²) in [6.07, 6.45) is 4.07. The molecule has 0 saturated carbocycles. The normalized spacial score (nSPS) is 21.2. The van der Waals surface area contributed by atoms with Gasteiger partial charge in [0.05, 0.1) is 17.8 Å². The first kappa shape index (κ1) is 16.7. The lowest BCUT2D eigenvalue weighted by atomic mass is 10.0. The smallest absolute Gasteiger partial charge is 0.191 e. The summed E-state index contributed by atoms with van der Waals surface area (Å²) < 4.78 is 5.83. The highest BCUT2D eigenvalue weighted by Gasteiger charge is 2.29. The van der Waals surface area contributed by atoms with Gasteiger partial charge in [0.2, 0.25) is 0 Å². The van der Waals surface area contributed by atoms with Crippen LogP contribution in [0.1, 0.15) is 32.4 Å². The summed E-state index contributed by atoms with van der Waals surface area (Å²) in [6.45, 7) is 7.22. The minimum atomic E-state index is -0.0894. The van der Waals surface area contributed by atoms with Gasteiger partial charge in [-0.1, -0.05) is 24.3 Å². The molecule has 1 aromatic carbocycles. The van der Waals surface area contributed by atoms with Gasteiger partial charge in [-0.2, -0.15) is 0 Å². The van der Waals surface area contributed by atoms with E-state index in [9.17, 15) is 0 Å². The molecule has 2 heterocycles. The molecule has 1 saturated heterocycles. The van der Waals surface area contributed by atoms with Crippen LogP contribution in [0, 0.1) is 0 Å². The van der Waals surface area contributed by atoms with Crippen molar-refractivity contribution in [2.24, 2.45) is 4.99 Å². The molecule has 24 heavy (non-hydrogen) atoms. The number of rotatable bonds is 5. The van der Waals surface area contributed by atoms with Gasteiger partial charge in [0.25, 0.3) is 0 Å². The number of hydrogen-bond acceptors (Lipinski definition) is 3. The number of nitrogens with zero attached hydrogens (tertiary/aromatic N) is 2. The molecule has 3 rings (SSSR count).